The molecule has 0 spiro atoms. The number of fused-ring (bicyclic) bond motifs is 1. The Morgan fingerprint density at radius 3 is 2.83 bits per heavy atom. The fourth-order valence-electron chi connectivity index (χ4n) is 1.77. The molecule has 2 aromatic rings. The first kappa shape index (κ1) is 12.6. The van der Waals surface area contributed by atoms with Gasteiger partial charge in [0.1, 0.15) is 6.61 Å². The van der Waals surface area contributed by atoms with E-state index in [-0.39, 0.29) is 6.61 Å². The maximum Gasteiger partial charge on any atom is 0.155 e. The van der Waals surface area contributed by atoms with Gasteiger partial charge in [-0.2, -0.15) is 0 Å². The molecule has 0 aliphatic carbocycles. The topological polar surface area (TPSA) is 39.9 Å². The Balaban J connectivity index is 2.39. The van der Waals surface area contributed by atoms with Crippen LogP contribution in [0.1, 0.15) is 0 Å². The molecule has 0 aliphatic rings. The number of nitrogens with zero attached hydrogens (tertiary/aromatic N) is 3. The summed E-state index contributed by atoms with van der Waals surface area (Å²) >= 11 is 0. The van der Waals surface area contributed by atoms with Gasteiger partial charge in [0.05, 0.1) is 13.6 Å². The minimum Gasteiger partial charge on any atom is -0.479 e. The summed E-state index contributed by atoms with van der Waals surface area (Å²) in [6.45, 7) is 7.16. The van der Waals surface area contributed by atoms with E-state index in [1.165, 1.54) is 0 Å². The molecule has 0 saturated carbocycles. The van der Waals surface area contributed by atoms with Crippen LogP contribution < -0.4 is 4.74 Å². The molecule has 2 rings (SSSR count). The Morgan fingerprint density at radius 1 is 1.39 bits per heavy atom. The molecule has 0 radical (unpaired) electrons. The van der Waals surface area contributed by atoms with Gasteiger partial charge in [0.2, 0.25) is 0 Å². The van der Waals surface area contributed by atoms with Gasteiger partial charge in [-0.3, -0.25) is 0 Å². The largest absolute Gasteiger partial charge is 0.479 e. The van der Waals surface area contributed by atoms with E-state index in [1.54, 1.807) is 0 Å². The SMILES string of the molecule is C#CCOc1cccc2c1nnn2C[Si](C)(C)C. The smallest absolute Gasteiger partial charge is 0.155 e. The standard InChI is InChI=1S/C13H17N3OSi/c1-5-9-17-12-8-6-7-11-13(12)14-15-16(11)10-18(2,3)4/h1,6-8H,9-10H2,2-4H3. The zero-order valence-corrected chi connectivity index (χ0v) is 12.0. The molecule has 18 heavy (non-hydrogen) atoms. The van der Waals surface area contributed by atoms with Crippen molar-refractivity contribution < 1.29 is 4.74 Å². The van der Waals surface area contributed by atoms with Gasteiger partial charge in [-0.15, -0.1) is 11.5 Å². The zero-order valence-electron chi connectivity index (χ0n) is 11.0. The molecule has 1 aromatic carbocycles. The number of ether oxygens (including phenoxy) is 1. The number of aromatic nitrogens is 3. The van der Waals surface area contributed by atoms with E-state index in [9.17, 15) is 0 Å². The minimum absolute atomic E-state index is 0.250. The number of hydrogen-bond acceptors (Lipinski definition) is 3. The van der Waals surface area contributed by atoms with E-state index in [0.717, 1.165) is 17.2 Å². The molecule has 0 saturated heterocycles. The maximum absolute atomic E-state index is 5.47. The van der Waals surface area contributed by atoms with Gasteiger partial charge < -0.3 is 4.74 Å². The molecule has 0 amide bonds. The zero-order chi connectivity index (χ0) is 13.2. The molecular formula is C13H17N3OSi. The highest BCUT2D eigenvalue weighted by atomic mass is 28.3. The van der Waals surface area contributed by atoms with E-state index in [2.05, 4.69) is 35.9 Å². The molecule has 1 aromatic heterocycles. The van der Waals surface area contributed by atoms with Crippen LogP contribution in [0.5, 0.6) is 5.75 Å². The summed E-state index contributed by atoms with van der Waals surface area (Å²) in [5.41, 5.74) is 1.79. The van der Waals surface area contributed by atoms with Crippen molar-refractivity contribution in [3.63, 3.8) is 0 Å². The molecule has 0 atom stereocenters. The van der Waals surface area contributed by atoms with Gasteiger partial charge in [-0.05, 0) is 12.1 Å². The van der Waals surface area contributed by atoms with Crippen molar-refractivity contribution in [3.8, 4) is 18.1 Å². The lowest BCUT2D eigenvalue weighted by molar-refractivity contribution is 0.374. The molecule has 94 valence electrons. The van der Waals surface area contributed by atoms with E-state index in [0.29, 0.717) is 5.75 Å². The highest BCUT2D eigenvalue weighted by Crippen LogP contribution is 2.23. The minimum atomic E-state index is -1.23. The molecular weight excluding hydrogens is 242 g/mol. The third kappa shape index (κ3) is 2.71. The molecule has 4 nitrogen and oxygen atoms in total. The lowest BCUT2D eigenvalue weighted by Gasteiger charge is -2.15. The third-order valence-corrected chi connectivity index (χ3v) is 3.69. The van der Waals surface area contributed by atoms with E-state index in [4.69, 9.17) is 11.2 Å². The van der Waals surface area contributed by atoms with Crippen LogP contribution in [0.4, 0.5) is 0 Å². The predicted octanol–water partition coefficient (Wildman–Crippen LogP) is 2.32. The van der Waals surface area contributed by atoms with Crippen LogP contribution in [0.25, 0.3) is 11.0 Å². The Labute approximate surface area is 108 Å². The van der Waals surface area contributed by atoms with Gasteiger partial charge in [0.15, 0.2) is 11.3 Å². The molecule has 1 heterocycles. The normalized spacial score (nSPS) is 11.4. The van der Waals surface area contributed by atoms with Gasteiger partial charge in [0, 0.05) is 6.17 Å². The Kier molecular flexibility index (Phi) is 3.39. The summed E-state index contributed by atoms with van der Waals surface area (Å²) in [6.07, 6.45) is 6.14. The Bertz CT molecular complexity index is 592. The van der Waals surface area contributed by atoms with E-state index in [1.807, 2.05) is 22.9 Å². The molecule has 5 heteroatoms. The summed E-state index contributed by atoms with van der Waals surface area (Å²) < 4.78 is 7.43. The molecule has 0 fully saturated rings. The van der Waals surface area contributed by atoms with Crippen LogP contribution in [0.15, 0.2) is 18.2 Å². The first-order valence-electron chi connectivity index (χ1n) is 5.90. The van der Waals surface area contributed by atoms with Crippen LogP contribution in [0, 0.1) is 12.3 Å². The lowest BCUT2D eigenvalue weighted by atomic mass is 10.3. The highest BCUT2D eigenvalue weighted by Gasteiger charge is 2.17. The van der Waals surface area contributed by atoms with Crippen molar-refractivity contribution in [2.24, 2.45) is 0 Å². The van der Waals surface area contributed by atoms with Gasteiger partial charge >= 0.3 is 0 Å². The predicted molar refractivity (Wildman–Crippen MR) is 75.2 cm³/mol. The van der Waals surface area contributed by atoms with Gasteiger partial charge in [-0.1, -0.05) is 36.8 Å². The van der Waals surface area contributed by atoms with Crippen LogP contribution >= 0.6 is 0 Å². The number of terminal acetylenes is 1. The van der Waals surface area contributed by atoms with Crippen molar-refractivity contribution in [1.29, 1.82) is 0 Å². The first-order valence-corrected chi connectivity index (χ1v) is 9.60. The first-order chi connectivity index (χ1) is 8.51. The fraction of sp³-hybridized carbons (Fsp3) is 0.385. The van der Waals surface area contributed by atoms with Crippen LogP contribution in [0.2, 0.25) is 19.6 Å². The Morgan fingerprint density at radius 2 is 2.17 bits per heavy atom. The summed E-state index contributed by atoms with van der Waals surface area (Å²) in [7, 11) is -1.23. The van der Waals surface area contributed by atoms with E-state index >= 15 is 0 Å². The maximum atomic E-state index is 5.47. The molecule has 0 bridgehead atoms. The third-order valence-electron chi connectivity index (χ3n) is 2.44. The van der Waals surface area contributed by atoms with Crippen molar-refractivity contribution in [1.82, 2.24) is 15.0 Å². The average molecular weight is 259 g/mol. The Hall–Kier alpha value is -1.80. The average Bonchev–Trinajstić information content (AvgIpc) is 2.68. The summed E-state index contributed by atoms with van der Waals surface area (Å²) in [5, 5.41) is 8.42. The van der Waals surface area contributed by atoms with Crippen LogP contribution in [-0.4, -0.2) is 29.7 Å². The highest BCUT2D eigenvalue weighted by molar-refractivity contribution is 6.75. The van der Waals surface area contributed by atoms with Crippen molar-refractivity contribution in [2.75, 3.05) is 6.61 Å². The summed E-state index contributed by atoms with van der Waals surface area (Å²) in [4.78, 5) is 0. The monoisotopic (exact) mass is 259 g/mol. The quantitative estimate of drug-likeness (QED) is 0.625. The second-order valence-electron chi connectivity index (χ2n) is 5.42. The number of rotatable bonds is 4. The van der Waals surface area contributed by atoms with Gasteiger partial charge in [-0.25, -0.2) is 4.68 Å². The van der Waals surface area contributed by atoms with Crippen molar-refractivity contribution in [2.45, 2.75) is 25.8 Å². The van der Waals surface area contributed by atoms with Crippen molar-refractivity contribution >= 4 is 19.1 Å². The van der Waals surface area contributed by atoms with Crippen molar-refractivity contribution in [3.05, 3.63) is 18.2 Å². The fourth-order valence-corrected chi connectivity index (χ4v) is 2.90. The summed E-state index contributed by atoms with van der Waals surface area (Å²) in [5.74, 6) is 3.16. The molecule has 0 unspecified atom stereocenters. The lowest BCUT2D eigenvalue weighted by Crippen LogP contribution is -2.28. The van der Waals surface area contributed by atoms with E-state index < -0.39 is 8.07 Å². The van der Waals surface area contributed by atoms with Crippen LogP contribution in [0.3, 0.4) is 0 Å². The second-order valence-corrected chi connectivity index (χ2v) is 10.9. The molecule has 0 N–H and O–H groups in total. The molecule has 0 aliphatic heterocycles. The van der Waals surface area contributed by atoms with Crippen LogP contribution in [-0.2, 0) is 6.17 Å². The second kappa shape index (κ2) is 4.82. The summed E-state index contributed by atoms with van der Waals surface area (Å²) in [6, 6.07) is 5.82. The number of benzene rings is 1. The number of hydrogen-bond donors (Lipinski definition) is 0. The van der Waals surface area contributed by atoms with Gasteiger partial charge in [0.25, 0.3) is 0 Å².